The van der Waals surface area contributed by atoms with Crippen LogP contribution in [0.5, 0.6) is 0 Å². The largest absolute Gasteiger partial charge is 0.331 e. The van der Waals surface area contributed by atoms with Gasteiger partial charge in [-0.3, -0.25) is 29.4 Å². The van der Waals surface area contributed by atoms with Crippen LogP contribution in [-0.2, 0) is 19.2 Å². The quantitative estimate of drug-likeness (QED) is 0.565. The summed E-state index contributed by atoms with van der Waals surface area (Å²) in [6, 6.07) is -2.11. The zero-order valence-electron chi connectivity index (χ0n) is 12.1. The van der Waals surface area contributed by atoms with Gasteiger partial charge in [0.05, 0.1) is 6.42 Å². The van der Waals surface area contributed by atoms with E-state index in [9.17, 15) is 24.0 Å². The van der Waals surface area contributed by atoms with Gasteiger partial charge in [0.2, 0.25) is 17.7 Å². The zero-order chi connectivity index (χ0) is 15.9. The summed E-state index contributed by atoms with van der Waals surface area (Å²) in [6.45, 7) is 3.34. The van der Waals surface area contributed by atoms with Crippen LogP contribution in [0.2, 0.25) is 0 Å². The summed E-state index contributed by atoms with van der Waals surface area (Å²) in [5.74, 6) is -2.42. The highest BCUT2D eigenvalue weighted by atomic mass is 16.2. The fourth-order valence-electron chi connectivity index (χ4n) is 2.79. The van der Waals surface area contributed by atoms with E-state index < -0.39 is 41.1 Å². The third-order valence-corrected chi connectivity index (χ3v) is 4.38. The minimum atomic E-state index is -1.36. The molecule has 0 saturated carbocycles. The lowest BCUT2D eigenvalue weighted by molar-refractivity contribution is -0.156. The molecule has 0 aromatic heterocycles. The molecule has 2 rings (SSSR count). The molecule has 2 saturated heterocycles. The van der Waals surface area contributed by atoms with Gasteiger partial charge in [-0.15, -0.1) is 0 Å². The van der Waals surface area contributed by atoms with E-state index in [1.54, 1.807) is 13.8 Å². The van der Waals surface area contributed by atoms with Gasteiger partial charge >= 0.3 is 6.03 Å². The van der Waals surface area contributed by atoms with Gasteiger partial charge in [0.15, 0.2) is 0 Å². The molecule has 2 aliphatic heterocycles. The maximum absolute atomic E-state index is 12.6. The number of hydrogen-bond acceptors (Lipinski definition) is 5. The second-order valence-electron chi connectivity index (χ2n) is 5.23. The van der Waals surface area contributed by atoms with Crippen molar-refractivity contribution in [3.8, 4) is 0 Å². The van der Waals surface area contributed by atoms with Gasteiger partial charge < -0.3 is 0 Å². The average Bonchev–Trinajstić information content (AvgIpc) is 2.68. The number of likely N-dealkylation sites (N-methyl/N-ethyl adjacent to an activating group) is 1. The first-order valence-corrected chi connectivity index (χ1v) is 6.79. The van der Waals surface area contributed by atoms with Crippen LogP contribution in [0, 0.1) is 5.41 Å². The summed E-state index contributed by atoms with van der Waals surface area (Å²) < 4.78 is 0. The molecule has 0 aromatic carbocycles. The minimum Gasteiger partial charge on any atom is -0.284 e. The molecule has 114 valence electrons. The standard InChI is InChI=1S/C13H17N3O5/c1-4-13(5-2)10(19)14-12(21)16(11(13)20)7-6-8(17)15(3)9(7)18/h7H,4-6H2,1-3H3,(H,14,19,21). The molecule has 0 aromatic rings. The van der Waals surface area contributed by atoms with Gasteiger partial charge in [-0.05, 0) is 12.8 Å². The predicted octanol–water partition coefficient (Wildman–Crippen LogP) is -0.372. The molecule has 0 bridgehead atoms. The number of urea groups is 1. The normalized spacial score (nSPS) is 25.7. The number of nitrogens with zero attached hydrogens (tertiary/aromatic N) is 2. The van der Waals surface area contributed by atoms with Crippen LogP contribution in [-0.4, -0.2) is 52.5 Å². The van der Waals surface area contributed by atoms with Crippen LogP contribution < -0.4 is 5.32 Å². The summed E-state index contributed by atoms with van der Waals surface area (Å²) in [4.78, 5) is 61.9. The molecular formula is C13H17N3O5. The Bertz CT molecular complexity index is 552. The summed E-state index contributed by atoms with van der Waals surface area (Å²) in [6.07, 6.45) is 0.178. The molecule has 1 atom stereocenters. The SMILES string of the molecule is CCC1(CC)C(=O)NC(=O)N(C2CC(=O)N(C)C2=O)C1=O. The number of barbiturate groups is 1. The maximum atomic E-state index is 12.6. The number of likely N-dealkylation sites (tertiary alicyclic amines) is 1. The number of carbonyl (C=O) groups excluding carboxylic acids is 5. The third kappa shape index (κ3) is 1.93. The van der Waals surface area contributed by atoms with E-state index in [1.807, 2.05) is 0 Å². The summed E-state index contributed by atoms with van der Waals surface area (Å²) >= 11 is 0. The van der Waals surface area contributed by atoms with Crippen LogP contribution in [0.3, 0.4) is 0 Å². The Morgan fingerprint density at radius 1 is 1.14 bits per heavy atom. The van der Waals surface area contributed by atoms with Crippen molar-refractivity contribution in [3.05, 3.63) is 0 Å². The first kappa shape index (κ1) is 15.1. The van der Waals surface area contributed by atoms with Gasteiger partial charge in [-0.25, -0.2) is 9.69 Å². The monoisotopic (exact) mass is 295 g/mol. The number of hydrogen-bond donors (Lipinski definition) is 1. The van der Waals surface area contributed by atoms with E-state index in [0.717, 1.165) is 9.80 Å². The van der Waals surface area contributed by atoms with Crippen LogP contribution in [0.15, 0.2) is 0 Å². The Labute approximate surface area is 121 Å². The molecule has 0 spiro atoms. The Hall–Kier alpha value is -2.25. The average molecular weight is 295 g/mol. The van der Waals surface area contributed by atoms with E-state index in [4.69, 9.17) is 0 Å². The first-order chi connectivity index (χ1) is 9.80. The van der Waals surface area contributed by atoms with Crippen molar-refractivity contribution in [3.63, 3.8) is 0 Å². The lowest BCUT2D eigenvalue weighted by Gasteiger charge is -2.39. The highest BCUT2D eigenvalue weighted by Gasteiger charge is 2.56. The van der Waals surface area contributed by atoms with Crippen molar-refractivity contribution in [2.75, 3.05) is 7.05 Å². The first-order valence-electron chi connectivity index (χ1n) is 6.79. The Balaban J connectivity index is 2.42. The third-order valence-electron chi connectivity index (χ3n) is 4.38. The number of rotatable bonds is 3. The number of carbonyl (C=O) groups is 5. The fraction of sp³-hybridized carbons (Fsp3) is 0.615. The predicted molar refractivity (Wildman–Crippen MR) is 69.6 cm³/mol. The smallest absolute Gasteiger partial charge is 0.284 e. The number of amides is 6. The highest BCUT2D eigenvalue weighted by molar-refractivity contribution is 6.21. The van der Waals surface area contributed by atoms with E-state index in [2.05, 4.69) is 5.32 Å². The lowest BCUT2D eigenvalue weighted by atomic mass is 9.78. The molecule has 21 heavy (non-hydrogen) atoms. The molecule has 1 unspecified atom stereocenters. The van der Waals surface area contributed by atoms with Crippen molar-refractivity contribution >= 4 is 29.7 Å². The van der Waals surface area contributed by atoms with Crippen molar-refractivity contribution in [1.29, 1.82) is 0 Å². The van der Waals surface area contributed by atoms with E-state index in [-0.39, 0.29) is 19.3 Å². The van der Waals surface area contributed by atoms with Crippen LogP contribution in [0.25, 0.3) is 0 Å². The second-order valence-corrected chi connectivity index (χ2v) is 5.23. The van der Waals surface area contributed by atoms with Gasteiger partial charge in [-0.1, -0.05) is 13.8 Å². The number of nitrogens with one attached hydrogen (secondary N) is 1. The molecule has 0 aliphatic carbocycles. The van der Waals surface area contributed by atoms with Crippen molar-refractivity contribution in [2.45, 2.75) is 39.2 Å². The molecule has 2 aliphatic rings. The number of imide groups is 3. The van der Waals surface area contributed by atoms with Crippen LogP contribution >= 0.6 is 0 Å². The van der Waals surface area contributed by atoms with Crippen LogP contribution in [0.4, 0.5) is 4.79 Å². The molecule has 0 radical (unpaired) electrons. The van der Waals surface area contributed by atoms with Gasteiger partial charge in [0.1, 0.15) is 11.5 Å². The van der Waals surface area contributed by atoms with Gasteiger partial charge in [0, 0.05) is 7.05 Å². The van der Waals surface area contributed by atoms with E-state index in [0.29, 0.717) is 0 Å². The van der Waals surface area contributed by atoms with Crippen LogP contribution in [0.1, 0.15) is 33.1 Å². The molecule has 2 heterocycles. The highest BCUT2D eigenvalue weighted by Crippen LogP contribution is 2.34. The molecule has 8 nitrogen and oxygen atoms in total. The Morgan fingerprint density at radius 3 is 2.14 bits per heavy atom. The Morgan fingerprint density at radius 2 is 1.71 bits per heavy atom. The van der Waals surface area contributed by atoms with E-state index >= 15 is 0 Å². The summed E-state index contributed by atoms with van der Waals surface area (Å²) in [5.41, 5.74) is -1.36. The van der Waals surface area contributed by atoms with Crippen molar-refractivity contribution in [2.24, 2.45) is 5.41 Å². The molecule has 8 heteroatoms. The van der Waals surface area contributed by atoms with Crippen molar-refractivity contribution in [1.82, 2.24) is 15.1 Å². The fourth-order valence-corrected chi connectivity index (χ4v) is 2.79. The van der Waals surface area contributed by atoms with Crippen molar-refractivity contribution < 1.29 is 24.0 Å². The summed E-state index contributed by atoms with van der Waals surface area (Å²) in [7, 11) is 1.30. The molecular weight excluding hydrogens is 278 g/mol. The summed E-state index contributed by atoms with van der Waals surface area (Å²) in [5, 5.41) is 2.12. The molecule has 1 N–H and O–H groups in total. The van der Waals surface area contributed by atoms with Gasteiger partial charge in [-0.2, -0.15) is 0 Å². The second kappa shape index (κ2) is 4.94. The van der Waals surface area contributed by atoms with E-state index in [1.165, 1.54) is 7.05 Å². The zero-order valence-corrected chi connectivity index (χ0v) is 12.1. The minimum absolute atomic E-state index is 0.211. The molecule has 2 fully saturated rings. The Kier molecular flexibility index (Phi) is 3.56. The topological polar surface area (TPSA) is 104 Å². The molecule has 6 amide bonds. The lowest BCUT2D eigenvalue weighted by Crippen LogP contribution is -2.66. The van der Waals surface area contributed by atoms with Gasteiger partial charge in [0.25, 0.3) is 5.91 Å². The maximum Gasteiger partial charge on any atom is 0.331 e.